The third-order valence-corrected chi connectivity index (χ3v) is 6.40. The molecule has 0 atom stereocenters. The molecule has 8 nitrogen and oxygen atoms in total. The van der Waals surface area contributed by atoms with E-state index in [9.17, 15) is 18.0 Å². The van der Waals surface area contributed by atoms with E-state index in [1.807, 2.05) is 0 Å². The van der Waals surface area contributed by atoms with Gasteiger partial charge in [-0.1, -0.05) is 17.4 Å². The van der Waals surface area contributed by atoms with E-state index in [4.69, 9.17) is 0 Å². The fourth-order valence-electron chi connectivity index (χ4n) is 2.37. The van der Waals surface area contributed by atoms with E-state index in [1.54, 1.807) is 40.7 Å². The fraction of sp³-hybridized carbons (Fsp3) is 0.389. The van der Waals surface area contributed by atoms with Crippen LogP contribution in [0.2, 0.25) is 0 Å². The minimum Gasteiger partial charge on any atom is -0.465 e. The molecule has 0 saturated carbocycles. The first-order chi connectivity index (χ1) is 12.8. The zero-order valence-electron chi connectivity index (χ0n) is 16.5. The molecule has 28 heavy (non-hydrogen) atoms. The van der Waals surface area contributed by atoms with Gasteiger partial charge in [0, 0.05) is 11.1 Å². The van der Waals surface area contributed by atoms with Crippen molar-refractivity contribution in [2.75, 3.05) is 12.4 Å². The number of thiazole rings is 1. The lowest BCUT2D eigenvalue weighted by Gasteiger charge is -2.20. The first-order valence-corrected chi connectivity index (χ1v) is 10.7. The Morgan fingerprint density at radius 3 is 2.39 bits per heavy atom. The van der Waals surface area contributed by atoms with Crippen LogP contribution in [-0.4, -0.2) is 37.9 Å². The maximum absolute atomic E-state index is 12.7. The summed E-state index contributed by atoms with van der Waals surface area (Å²) in [7, 11) is -2.52. The molecule has 0 radical (unpaired) electrons. The Kier molecular flexibility index (Phi) is 6.27. The summed E-state index contributed by atoms with van der Waals surface area (Å²) in [6, 6.07) is 4.34. The van der Waals surface area contributed by atoms with Gasteiger partial charge in [0.05, 0.1) is 17.7 Å². The molecule has 2 aromatic rings. The van der Waals surface area contributed by atoms with E-state index in [-0.39, 0.29) is 15.6 Å². The topological polar surface area (TPSA) is 114 Å². The normalized spacial score (nSPS) is 11.9. The average Bonchev–Trinajstić information content (AvgIpc) is 2.92. The second-order valence-electron chi connectivity index (χ2n) is 7.21. The van der Waals surface area contributed by atoms with Crippen molar-refractivity contribution in [1.82, 2.24) is 9.71 Å². The summed E-state index contributed by atoms with van der Waals surface area (Å²) in [4.78, 5) is 28.8. The van der Waals surface area contributed by atoms with Crippen molar-refractivity contribution in [3.63, 3.8) is 0 Å². The number of hydrogen-bond donors (Lipinski definition) is 2. The molecule has 10 heteroatoms. The largest absolute Gasteiger partial charge is 0.465 e. The highest BCUT2D eigenvalue weighted by molar-refractivity contribution is 7.89. The lowest BCUT2D eigenvalue weighted by Crippen LogP contribution is -2.40. The monoisotopic (exact) mass is 425 g/mol. The molecule has 2 N–H and O–H groups in total. The fourth-order valence-corrected chi connectivity index (χ4v) is 4.70. The Labute approximate surface area is 168 Å². The predicted octanol–water partition coefficient (Wildman–Crippen LogP) is 2.88. The summed E-state index contributed by atoms with van der Waals surface area (Å²) in [6.07, 6.45) is 0. The number of benzene rings is 1. The quantitative estimate of drug-likeness (QED) is 0.712. The second-order valence-corrected chi connectivity index (χ2v) is 9.89. The van der Waals surface area contributed by atoms with Gasteiger partial charge >= 0.3 is 5.97 Å². The zero-order chi connectivity index (χ0) is 21.3. The Bertz CT molecular complexity index is 1020. The summed E-state index contributed by atoms with van der Waals surface area (Å²) in [6.45, 7) is 8.53. The number of anilines is 1. The molecule has 1 aromatic heterocycles. The van der Waals surface area contributed by atoms with Gasteiger partial charge in [-0.2, -0.15) is 0 Å². The van der Waals surface area contributed by atoms with E-state index >= 15 is 0 Å². The van der Waals surface area contributed by atoms with Crippen molar-refractivity contribution in [2.24, 2.45) is 0 Å². The number of carbonyl (C=O) groups is 2. The van der Waals surface area contributed by atoms with Crippen LogP contribution in [0.1, 0.15) is 52.1 Å². The van der Waals surface area contributed by atoms with Crippen LogP contribution in [-0.2, 0) is 14.8 Å². The van der Waals surface area contributed by atoms with Crippen LogP contribution in [0.5, 0.6) is 0 Å². The number of aryl methyl sites for hydroxylation is 2. The summed E-state index contributed by atoms with van der Waals surface area (Å²) in [5.74, 6) is -1.05. The number of nitrogens with one attached hydrogen (secondary N) is 2. The number of amides is 1. The van der Waals surface area contributed by atoms with Gasteiger partial charge in [-0.15, -0.1) is 0 Å². The number of aromatic nitrogens is 1. The predicted molar refractivity (Wildman–Crippen MR) is 107 cm³/mol. The van der Waals surface area contributed by atoms with Crippen LogP contribution >= 0.6 is 11.3 Å². The number of carbonyl (C=O) groups excluding carboxylic acids is 2. The minimum atomic E-state index is -3.79. The SMILES string of the molecule is COC(=O)c1sc(NC(=O)c2cc(S(=O)(=O)NC(C)(C)C)ccc2C)nc1C. The third kappa shape index (κ3) is 5.15. The standard InChI is InChI=1S/C18H23N3O5S2/c1-10-7-8-12(28(24,25)21-18(3,4)5)9-13(10)15(22)20-17-19-11(2)14(27-17)16(23)26-6/h7-9,21H,1-6H3,(H,19,20,22). The number of hydrogen-bond acceptors (Lipinski definition) is 7. The molecule has 1 heterocycles. The number of ether oxygens (including phenoxy) is 1. The van der Waals surface area contributed by atoms with Gasteiger partial charge < -0.3 is 4.74 Å². The molecule has 0 saturated heterocycles. The molecule has 0 unspecified atom stereocenters. The molecule has 0 aliphatic heterocycles. The van der Waals surface area contributed by atoms with Crippen molar-refractivity contribution in [1.29, 1.82) is 0 Å². The van der Waals surface area contributed by atoms with Crippen LogP contribution in [0.4, 0.5) is 5.13 Å². The molecule has 152 valence electrons. The van der Waals surface area contributed by atoms with Crippen molar-refractivity contribution in [3.8, 4) is 0 Å². The first-order valence-electron chi connectivity index (χ1n) is 8.36. The van der Waals surface area contributed by atoms with Gasteiger partial charge in [0.1, 0.15) is 4.88 Å². The highest BCUT2D eigenvalue weighted by Gasteiger charge is 2.24. The maximum Gasteiger partial charge on any atom is 0.350 e. The van der Waals surface area contributed by atoms with E-state index < -0.39 is 27.4 Å². The molecule has 0 fully saturated rings. The Hall–Kier alpha value is -2.30. The summed E-state index contributed by atoms with van der Waals surface area (Å²) in [5.41, 5.74) is 0.585. The van der Waals surface area contributed by atoms with Crippen molar-refractivity contribution in [2.45, 2.75) is 45.1 Å². The smallest absolute Gasteiger partial charge is 0.350 e. The molecule has 0 aliphatic carbocycles. The number of nitrogens with zero attached hydrogens (tertiary/aromatic N) is 1. The molecule has 1 aromatic carbocycles. The Morgan fingerprint density at radius 1 is 1.18 bits per heavy atom. The molecule has 0 spiro atoms. The lowest BCUT2D eigenvalue weighted by atomic mass is 10.1. The summed E-state index contributed by atoms with van der Waals surface area (Å²) >= 11 is 0.990. The third-order valence-electron chi connectivity index (χ3n) is 3.59. The van der Waals surface area contributed by atoms with Gasteiger partial charge in [0.15, 0.2) is 5.13 Å². The Balaban J connectivity index is 2.33. The second kappa shape index (κ2) is 7.98. The van der Waals surface area contributed by atoms with Gasteiger partial charge in [-0.05, 0) is 52.3 Å². The lowest BCUT2D eigenvalue weighted by molar-refractivity contribution is 0.0605. The molecule has 0 aliphatic rings. The van der Waals surface area contributed by atoms with E-state index in [0.29, 0.717) is 16.1 Å². The molecular formula is C18H23N3O5S2. The van der Waals surface area contributed by atoms with E-state index in [1.165, 1.54) is 19.2 Å². The zero-order valence-corrected chi connectivity index (χ0v) is 18.2. The number of esters is 1. The number of sulfonamides is 1. The maximum atomic E-state index is 12.7. The van der Waals surface area contributed by atoms with Crippen LogP contribution in [0.3, 0.4) is 0 Å². The van der Waals surface area contributed by atoms with Gasteiger partial charge in [-0.3, -0.25) is 10.1 Å². The van der Waals surface area contributed by atoms with Crippen LogP contribution < -0.4 is 10.0 Å². The molecule has 1 amide bonds. The highest BCUT2D eigenvalue weighted by atomic mass is 32.2. The van der Waals surface area contributed by atoms with Crippen molar-refractivity contribution in [3.05, 3.63) is 39.9 Å². The number of rotatable bonds is 5. The van der Waals surface area contributed by atoms with Crippen LogP contribution in [0.15, 0.2) is 23.1 Å². The Morgan fingerprint density at radius 2 is 1.82 bits per heavy atom. The van der Waals surface area contributed by atoms with Gasteiger partial charge in [-0.25, -0.2) is 22.9 Å². The van der Waals surface area contributed by atoms with E-state index in [2.05, 4.69) is 19.8 Å². The average molecular weight is 426 g/mol. The first kappa shape index (κ1) is 22.0. The summed E-state index contributed by atoms with van der Waals surface area (Å²) in [5, 5.41) is 2.84. The van der Waals surface area contributed by atoms with Gasteiger partial charge in [0.2, 0.25) is 10.0 Å². The molecular weight excluding hydrogens is 402 g/mol. The minimum absolute atomic E-state index is 0.0104. The number of methoxy groups -OCH3 is 1. The molecule has 0 bridgehead atoms. The molecule has 2 rings (SSSR count). The van der Waals surface area contributed by atoms with Crippen molar-refractivity contribution < 1.29 is 22.7 Å². The van der Waals surface area contributed by atoms with Gasteiger partial charge in [0.25, 0.3) is 5.91 Å². The van der Waals surface area contributed by atoms with Crippen LogP contribution in [0, 0.1) is 13.8 Å². The van der Waals surface area contributed by atoms with Crippen LogP contribution in [0.25, 0.3) is 0 Å². The van der Waals surface area contributed by atoms with E-state index in [0.717, 1.165) is 11.3 Å². The summed E-state index contributed by atoms with van der Waals surface area (Å²) < 4.78 is 32.3. The van der Waals surface area contributed by atoms with Crippen molar-refractivity contribution >= 4 is 38.4 Å². The highest BCUT2D eigenvalue weighted by Crippen LogP contribution is 2.25.